The second-order valence-electron chi connectivity index (χ2n) is 5.83. The van der Waals surface area contributed by atoms with Crippen LogP contribution in [0.1, 0.15) is 38.1 Å². The zero-order valence-corrected chi connectivity index (χ0v) is 13.1. The van der Waals surface area contributed by atoms with Crippen molar-refractivity contribution in [2.24, 2.45) is 0 Å². The number of anilines is 1. The lowest BCUT2D eigenvalue weighted by atomic mass is 10.1. The highest BCUT2D eigenvalue weighted by atomic mass is 16.5. The van der Waals surface area contributed by atoms with Gasteiger partial charge in [-0.1, -0.05) is 12.1 Å². The van der Waals surface area contributed by atoms with E-state index in [1.165, 1.54) is 13.0 Å². The van der Waals surface area contributed by atoms with E-state index >= 15 is 0 Å². The van der Waals surface area contributed by atoms with Gasteiger partial charge in [0.15, 0.2) is 6.10 Å². The zero-order valence-electron chi connectivity index (χ0n) is 13.1. The average Bonchev–Trinajstić information content (AvgIpc) is 2.36. The van der Waals surface area contributed by atoms with E-state index in [1.54, 1.807) is 39.0 Å². The number of nitrogens with one attached hydrogen (secondary N) is 2. The van der Waals surface area contributed by atoms with Crippen LogP contribution >= 0.6 is 0 Å². The Labute approximate surface area is 129 Å². The highest BCUT2D eigenvalue weighted by Gasteiger charge is 2.23. The van der Waals surface area contributed by atoms with Crippen molar-refractivity contribution >= 4 is 23.6 Å². The smallest absolute Gasteiger partial charge is 0.341 e. The molecule has 0 saturated heterocycles. The molecule has 1 unspecified atom stereocenters. The van der Waals surface area contributed by atoms with Gasteiger partial charge in [-0.15, -0.1) is 0 Å². The van der Waals surface area contributed by atoms with Crippen LogP contribution in [0.3, 0.4) is 0 Å². The Balaban J connectivity index is 2.60. The highest BCUT2D eigenvalue weighted by molar-refractivity contribution is 6.00. The predicted molar refractivity (Wildman–Crippen MR) is 82.2 cm³/mol. The van der Waals surface area contributed by atoms with Crippen LogP contribution in [0.15, 0.2) is 24.3 Å². The monoisotopic (exact) mass is 307 g/mol. The van der Waals surface area contributed by atoms with Crippen LogP contribution in [0.2, 0.25) is 0 Å². The number of amides is 3. The van der Waals surface area contributed by atoms with Crippen molar-refractivity contribution in [3.8, 4) is 0 Å². The summed E-state index contributed by atoms with van der Waals surface area (Å²) < 4.78 is 5.00. The van der Waals surface area contributed by atoms with Gasteiger partial charge in [0, 0.05) is 11.2 Å². The number of hydrogen-bond acceptors (Lipinski definition) is 5. The minimum absolute atomic E-state index is 0.168. The normalized spacial score (nSPS) is 12.2. The summed E-state index contributed by atoms with van der Waals surface area (Å²) in [7, 11) is 0. The molecule has 1 aromatic rings. The first-order valence-electron chi connectivity index (χ1n) is 6.78. The van der Waals surface area contributed by atoms with Crippen molar-refractivity contribution in [1.29, 1.82) is 0 Å². The lowest BCUT2D eigenvalue weighted by Gasteiger charge is -2.21. The Morgan fingerprint density at radius 3 is 2.32 bits per heavy atom. The molecule has 0 saturated carbocycles. The van der Waals surface area contributed by atoms with Crippen LogP contribution in [0.4, 0.5) is 10.5 Å². The van der Waals surface area contributed by atoms with E-state index in [2.05, 4.69) is 10.6 Å². The minimum Gasteiger partial charge on any atom is -0.449 e. The van der Waals surface area contributed by atoms with E-state index in [-0.39, 0.29) is 11.3 Å². The third-order valence-electron chi connectivity index (χ3n) is 2.56. The number of imide groups is 1. The SMILES string of the molecule is CC(OC(=O)c1ccccc1N)C(=O)NC(=O)NC(C)(C)C. The topological polar surface area (TPSA) is 111 Å². The third kappa shape index (κ3) is 5.43. The number of rotatable bonds is 3. The molecule has 0 bridgehead atoms. The number of carbonyl (C=O) groups is 3. The summed E-state index contributed by atoms with van der Waals surface area (Å²) in [6, 6.07) is 5.71. The number of nitrogens with two attached hydrogens (primary N) is 1. The Kier molecular flexibility index (Phi) is 5.50. The van der Waals surface area contributed by atoms with Crippen molar-refractivity contribution in [3.63, 3.8) is 0 Å². The van der Waals surface area contributed by atoms with Crippen LogP contribution in [0, 0.1) is 0 Å². The molecule has 0 spiro atoms. The number of urea groups is 1. The molecular formula is C15H21N3O4. The summed E-state index contributed by atoms with van der Waals surface area (Å²) in [5, 5.41) is 4.68. The molecule has 7 heteroatoms. The van der Waals surface area contributed by atoms with Crippen LogP contribution in [0.25, 0.3) is 0 Å². The molecule has 7 nitrogen and oxygen atoms in total. The fourth-order valence-electron chi connectivity index (χ4n) is 1.55. The molecule has 3 amide bonds. The van der Waals surface area contributed by atoms with Gasteiger partial charge in [0.1, 0.15) is 0 Å². The summed E-state index contributed by atoms with van der Waals surface area (Å²) >= 11 is 0. The average molecular weight is 307 g/mol. The summed E-state index contributed by atoms with van der Waals surface area (Å²) in [4.78, 5) is 35.3. The lowest BCUT2D eigenvalue weighted by Crippen LogP contribution is -2.50. The maximum Gasteiger partial charge on any atom is 0.341 e. The molecular weight excluding hydrogens is 286 g/mol. The first-order valence-corrected chi connectivity index (χ1v) is 6.78. The number of ether oxygens (including phenoxy) is 1. The molecule has 1 atom stereocenters. The van der Waals surface area contributed by atoms with E-state index in [4.69, 9.17) is 10.5 Å². The molecule has 0 aliphatic rings. The number of nitrogen functional groups attached to an aromatic ring is 1. The molecule has 1 aromatic carbocycles. The van der Waals surface area contributed by atoms with Crippen molar-refractivity contribution in [3.05, 3.63) is 29.8 Å². The maximum absolute atomic E-state index is 11.9. The Bertz CT molecular complexity index is 578. The van der Waals surface area contributed by atoms with E-state index in [9.17, 15) is 14.4 Å². The van der Waals surface area contributed by atoms with E-state index in [1.807, 2.05) is 0 Å². The van der Waals surface area contributed by atoms with Gasteiger partial charge < -0.3 is 15.8 Å². The van der Waals surface area contributed by atoms with Crippen molar-refractivity contribution < 1.29 is 19.1 Å². The summed E-state index contributed by atoms with van der Waals surface area (Å²) in [6.45, 7) is 6.70. The number of carbonyl (C=O) groups excluding carboxylic acids is 3. The van der Waals surface area contributed by atoms with Crippen molar-refractivity contribution in [2.45, 2.75) is 39.3 Å². The van der Waals surface area contributed by atoms with Crippen LogP contribution in [0.5, 0.6) is 0 Å². The molecule has 4 N–H and O–H groups in total. The maximum atomic E-state index is 11.9. The first-order chi connectivity index (χ1) is 10.1. The van der Waals surface area contributed by atoms with Gasteiger partial charge in [0.05, 0.1) is 5.56 Å². The fraction of sp³-hybridized carbons (Fsp3) is 0.400. The third-order valence-corrected chi connectivity index (χ3v) is 2.56. The van der Waals surface area contributed by atoms with Crippen molar-refractivity contribution in [2.75, 3.05) is 5.73 Å². The molecule has 120 valence electrons. The van der Waals surface area contributed by atoms with Crippen LogP contribution in [-0.4, -0.2) is 29.6 Å². The second kappa shape index (κ2) is 6.93. The molecule has 0 heterocycles. The van der Waals surface area contributed by atoms with E-state index in [0.717, 1.165) is 0 Å². The Morgan fingerprint density at radius 2 is 1.77 bits per heavy atom. The Morgan fingerprint density at radius 1 is 1.18 bits per heavy atom. The predicted octanol–water partition coefficient (Wildman–Crippen LogP) is 1.44. The van der Waals surface area contributed by atoms with Gasteiger partial charge in [-0.25, -0.2) is 9.59 Å². The highest BCUT2D eigenvalue weighted by Crippen LogP contribution is 2.12. The molecule has 0 fully saturated rings. The molecule has 0 aliphatic carbocycles. The van der Waals surface area contributed by atoms with E-state index in [0.29, 0.717) is 0 Å². The van der Waals surface area contributed by atoms with Gasteiger partial charge >= 0.3 is 12.0 Å². The van der Waals surface area contributed by atoms with Gasteiger partial charge in [-0.3, -0.25) is 10.1 Å². The number of esters is 1. The largest absolute Gasteiger partial charge is 0.449 e. The molecule has 1 rings (SSSR count). The van der Waals surface area contributed by atoms with Gasteiger partial charge in [-0.2, -0.15) is 0 Å². The lowest BCUT2D eigenvalue weighted by molar-refractivity contribution is -0.127. The summed E-state index contributed by atoms with van der Waals surface area (Å²) in [6.07, 6.45) is -1.13. The van der Waals surface area contributed by atoms with Gasteiger partial charge in [-0.05, 0) is 39.8 Å². The number of benzene rings is 1. The quantitative estimate of drug-likeness (QED) is 0.578. The first kappa shape index (κ1) is 17.5. The molecule has 0 radical (unpaired) electrons. The molecule has 0 aromatic heterocycles. The Hall–Kier alpha value is -2.57. The molecule has 0 aliphatic heterocycles. The summed E-state index contributed by atoms with van der Waals surface area (Å²) in [5.74, 6) is -1.44. The van der Waals surface area contributed by atoms with Gasteiger partial charge in [0.25, 0.3) is 5.91 Å². The van der Waals surface area contributed by atoms with Crippen LogP contribution in [-0.2, 0) is 9.53 Å². The summed E-state index contributed by atoms with van der Waals surface area (Å²) in [5.41, 5.74) is 5.60. The number of para-hydroxylation sites is 1. The van der Waals surface area contributed by atoms with Crippen molar-refractivity contribution in [1.82, 2.24) is 10.6 Å². The van der Waals surface area contributed by atoms with Crippen LogP contribution < -0.4 is 16.4 Å². The van der Waals surface area contributed by atoms with E-state index < -0.39 is 29.6 Å². The zero-order chi connectivity index (χ0) is 16.9. The second-order valence-corrected chi connectivity index (χ2v) is 5.83. The van der Waals surface area contributed by atoms with Gasteiger partial charge in [0.2, 0.25) is 0 Å². The number of hydrogen-bond donors (Lipinski definition) is 3. The molecule has 22 heavy (non-hydrogen) atoms. The minimum atomic E-state index is -1.13. The fourth-order valence-corrected chi connectivity index (χ4v) is 1.55. The standard InChI is InChI=1S/C15H21N3O4/c1-9(12(19)17-14(21)18-15(2,3)4)22-13(20)10-7-5-6-8-11(10)16/h5-9H,16H2,1-4H3,(H2,17,18,19,21).